The molecular formula is C15H23N3O. The summed E-state index contributed by atoms with van der Waals surface area (Å²) in [6.07, 6.45) is 3.64. The summed E-state index contributed by atoms with van der Waals surface area (Å²) >= 11 is 0. The van der Waals surface area contributed by atoms with Gasteiger partial charge in [-0.25, -0.2) is 0 Å². The molecule has 1 amide bonds. The number of likely N-dealkylation sites (tertiary alicyclic amines) is 1. The molecule has 0 aliphatic carbocycles. The van der Waals surface area contributed by atoms with E-state index in [1.54, 1.807) is 6.07 Å². The molecule has 0 bridgehead atoms. The van der Waals surface area contributed by atoms with Crippen molar-refractivity contribution < 1.29 is 4.79 Å². The van der Waals surface area contributed by atoms with Crippen LogP contribution in [0.4, 0.5) is 11.4 Å². The maximum atomic E-state index is 12.0. The van der Waals surface area contributed by atoms with Crippen molar-refractivity contribution in [2.24, 2.45) is 5.92 Å². The maximum absolute atomic E-state index is 12.0. The highest BCUT2D eigenvalue weighted by molar-refractivity contribution is 5.92. The van der Waals surface area contributed by atoms with Crippen molar-refractivity contribution in [1.29, 1.82) is 0 Å². The monoisotopic (exact) mass is 261 g/mol. The Hall–Kier alpha value is -1.55. The fourth-order valence-electron chi connectivity index (χ4n) is 2.50. The van der Waals surface area contributed by atoms with Gasteiger partial charge >= 0.3 is 0 Å². The lowest BCUT2D eigenvalue weighted by Gasteiger charge is -2.19. The van der Waals surface area contributed by atoms with Crippen molar-refractivity contribution in [3.05, 3.63) is 24.3 Å². The number of amides is 1. The van der Waals surface area contributed by atoms with Crippen LogP contribution in [0.2, 0.25) is 0 Å². The van der Waals surface area contributed by atoms with Gasteiger partial charge in [0.25, 0.3) is 0 Å². The van der Waals surface area contributed by atoms with E-state index in [0.29, 0.717) is 12.2 Å². The molecule has 4 heteroatoms. The molecular weight excluding hydrogens is 238 g/mol. The second-order valence-corrected chi connectivity index (χ2v) is 5.49. The van der Waals surface area contributed by atoms with Crippen LogP contribution < -0.4 is 11.1 Å². The summed E-state index contributed by atoms with van der Waals surface area (Å²) in [7, 11) is 0. The Kier molecular flexibility index (Phi) is 4.80. The van der Waals surface area contributed by atoms with Gasteiger partial charge < -0.3 is 11.1 Å². The summed E-state index contributed by atoms with van der Waals surface area (Å²) in [4.78, 5) is 14.2. The Morgan fingerprint density at radius 3 is 3.05 bits per heavy atom. The van der Waals surface area contributed by atoms with Crippen LogP contribution in [0.25, 0.3) is 0 Å². The number of rotatable bonds is 3. The van der Waals surface area contributed by atoms with E-state index in [2.05, 4.69) is 17.1 Å². The van der Waals surface area contributed by atoms with Crippen molar-refractivity contribution in [3.63, 3.8) is 0 Å². The Morgan fingerprint density at radius 2 is 2.26 bits per heavy atom. The van der Waals surface area contributed by atoms with Gasteiger partial charge in [0.1, 0.15) is 0 Å². The smallest absolute Gasteiger partial charge is 0.238 e. The van der Waals surface area contributed by atoms with E-state index < -0.39 is 0 Å². The highest BCUT2D eigenvalue weighted by Crippen LogP contribution is 2.16. The SMILES string of the molecule is CC1CCCN(CC(=O)Nc2cccc(N)c2)CC1. The largest absolute Gasteiger partial charge is 0.399 e. The Labute approximate surface area is 115 Å². The lowest BCUT2D eigenvalue weighted by molar-refractivity contribution is -0.117. The van der Waals surface area contributed by atoms with Gasteiger partial charge in [0.2, 0.25) is 5.91 Å². The fourth-order valence-corrected chi connectivity index (χ4v) is 2.50. The summed E-state index contributed by atoms with van der Waals surface area (Å²) in [6, 6.07) is 7.30. The predicted molar refractivity (Wildman–Crippen MR) is 78.9 cm³/mol. The van der Waals surface area contributed by atoms with Crippen LogP contribution in [0.5, 0.6) is 0 Å². The number of anilines is 2. The van der Waals surface area contributed by atoms with Crippen molar-refractivity contribution in [2.75, 3.05) is 30.7 Å². The van der Waals surface area contributed by atoms with Gasteiger partial charge in [0.15, 0.2) is 0 Å². The van der Waals surface area contributed by atoms with Gasteiger partial charge in [0.05, 0.1) is 6.54 Å². The number of carbonyl (C=O) groups is 1. The molecule has 104 valence electrons. The highest BCUT2D eigenvalue weighted by Gasteiger charge is 2.16. The van der Waals surface area contributed by atoms with E-state index in [9.17, 15) is 4.79 Å². The van der Waals surface area contributed by atoms with Crippen LogP contribution in [-0.2, 0) is 4.79 Å². The van der Waals surface area contributed by atoms with Gasteiger partial charge in [-0.05, 0) is 56.5 Å². The topological polar surface area (TPSA) is 58.4 Å². The predicted octanol–water partition coefficient (Wildman–Crippen LogP) is 2.33. The second-order valence-electron chi connectivity index (χ2n) is 5.49. The average molecular weight is 261 g/mol. The summed E-state index contributed by atoms with van der Waals surface area (Å²) in [6.45, 7) is 4.80. The minimum atomic E-state index is 0.0418. The molecule has 1 fully saturated rings. The third-order valence-electron chi connectivity index (χ3n) is 3.65. The summed E-state index contributed by atoms with van der Waals surface area (Å²) < 4.78 is 0. The number of benzene rings is 1. The normalized spacial score (nSPS) is 20.8. The van der Waals surface area contributed by atoms with E-state index in [-0.39, 0.29) is 5.91 Å². The molecule has 0 saturated carbocycles. The lowest BCUT2D eigenvalue weighted by atomic mass is 10.0. The molecule has 1 aromatic carbocycles. The number of carbonyl (C=O) groups excluding carboxylic acids is 1. The molecule has 1 atom stereocenters. The standard InChI is InChI=1S/C15H23N3O/c1-12-4-3-8-18(9-7-12)11-15(19)17-14-6-2-5-13(16)10-14/h2,5-6,10,12H,3-4,7-9,11,16H2,1H3,(H,17,19). The molecule has 2 rings (SSSR count). The number of nitrogens with two attached hydrogens (primary N) is 1. The Morgan fingerprint density at radius 1 is 1.42 bits per heavy atom. The first-order chi connectivity index (χ1) is 9.13. The molecule has 1 heterocycles. The van der Waals surface area contributed by atoms with E-state index in [0.717, 1.165) is 24.7 Å². The van der Waals surface area contributed by atoms with Gasteiger partial charge in [-0.3, -0.25) is 9.69 Å². The van der Waals surface area contributed by atoms with Gasteiger partial charge in [0, 0.05) is 11.4 Å². The van der Waals surface area contributed by atoms with Crippen molar-refractivity contribution in [2.45, 2.75) is 26.2 Å². The zero-order chi connectivity index (χ0) is 13.7. The molecule has 1 aliphatic heterocycles. The third kappa shape index (κ3) is 4.56. The fraction of sp³-hybridized carbons (Fsp3) is 0.533. The number of nitrogen functional groups attached to an aromatic ring is 1. The Bertz CT molecular complexity index is 433. The number of hydrogen-bond donors (Lipinski definition) is 2. The van der Waals surface area contributed by atoms with Crippen molar-refractivity contribution in [1.82, 2.24) is 4.90 Å². The first kappa shape index (κ1) is 13.9. The highest BCUT2D eigenvalue weighted by atomic mass is 16.2. The van der Waals surface area contributed by atoms with Crippen LogP contribution in [0.3, 0.4) is 0 Å². The molecule has 1 unspecified atom stereocenters. The van der Waals surface area contributed by atoms with Crippen molar-refractivity contribution in [3.8, 4) is 0 Å². The van der Waals surface area contributed by atoms with E-state index in [4.69, 9.17) is 5.73 Å². The quantitative estimate of drug-likeness (QED) is 0.821. The molecule has 1 aromatic rings. The van der Waals surface area contributed by atoms with Crippen LogP contribution in [0.1, 0.15) is 26.2 Å². The van der Waals surface area contributed by atoms with Crippen LogP contribution in [0, 0.1) is 5.92 Å². The van der Waals surface area contributed by atoms with Gasteiger partial charge in [-0.1, -0.05) is 13.0 Å². The molecule has 19 heavy (non-hydrogen) atoms. The van der Waals surface area contributed by atoms with E-state index in [1.807, 2.05) is 18.2 Å². The van der Waals surface area contributed by atoms with Crippen LogP contribution >= 0.6 is 0 Å². The van der Waals surface area contributed by atoms with Gasteiger partial charge in [-0.15, -0.1) is 0 Å². The first-order valence-corrected chi connectivity index (χ1v) is 7.01. The summed E-state index contributed by atoms with van der Waals surface area (Å²) in [5.74, 6) is 0.821. The molecule has 0 radical (unpaired) electrons. The lowest BCUT2D eigenvalue weighted by Crippen LogP contribution is -2.34. The molecule has 1 saturated heterocycles. The molecule has 0 spiro atoms. The number of nitrogens with zero attached hydrogens (tertiary/aromatic N) is 1. The zero-order valence-corrected chi connectivity index (χ0v) is 11.6. The van der Waals surface area contributed by atoms with Crippen molar-refractivity contribution >= 4 is 17.3 Å². The summed E-state index contributed by atoms with van der Waals surface area (Å²) in [5.41, 5.74) is 7.13. The molecule has 1 aliphatic rings. The number of nitrogens with one attached hydrogen (secondary N) is 1. The Balaban J connectivity index is 1.84. The number of hydrogen-bond acceptors (Lipinski definition) is 3. The van der Waals surface area contributed by atoms with Gasteiger partial charge in [-0.2, -0.15) is 0 Å². The zero-order valence-electron chi connectivity index (χ0n) is 11.6. The second kappa shape index (κ2) is 6.57. The van der Waals surface area contributed by atoms with Crippen LogP contribution in [-0.4, -0.2) is 30.4 Å². The summed E-state index contributed by atoms with van der Waals surface area (Å²) in [5, 5.41) is 2.90. The minimum absolute atomic E-state index is 0.0418. The molecule has 3 N–H and O–H groups in total. The minimum Gasteiger partial charge on any atom is -0.399 e. The maximum Gasteiger partial charge on any atom is 0.238 e. The molecule has 4 nitrogen and oxygen atoms in total. The average Bonchev–Trinajstić information content (AvgIpc) is 2.54. The van der Waals surface area contributed by atoms with E-state index >= 15 is 0 Å². The van der Waals surface area contributed by atoms with E-state index in [1.165, 1.54) is 19.3 Å². The molecule has 0 aromatic heterocycles. The first-order valence-electron chi connectivity index (χ1n) is 7.01. The third-order valence-corrected chi connectivity index (χ3v) is 3.65. The van der Waals surface area contributed by atoms with Crippen LogP contribution in [0.15, 0.2) is 24.3 Å².